The van der Waals surface area contributed by atoms with Crippen LogP contribution in [0.3, 0.4) is 0 Å². The van der Waals surface area contributed by atoms with Gasteiger partial charge in [-0.3, -0.25) is 14.6 Å². The first kappa shape index (κ1) is 35.5. The van der Waals surface area contributed by atoms with Gasteiger partial charge in [0.2, 0.25) is 12.3 Å². The van der Waals surface area contributed by atoms with E-state index in [2.05, 4.69) is 43.4 Å². The molecule has 0 unspecified atom stereocenters. The topological polar surface area (TPSA) is 115 Å². The van der Waals surface area contributed by atoms with E-state index in [0.717, 1.165) is 116 Å². The summed E-state index contributed by atoms with van der Waals surface area (Å²) in [4.78, 5) is 30.4. The number of halogens is 1. The van der Waals surface area contributed by atoms with Crippen LogP contribution in [0.4, 0.5) is 0 Å². The highest BCUT2D eigenvalue weighted by Crippen LogP contribution is 2.52. The number of likely N-dealkylation sites (tertiary alicyclic amines) is 1. The van der Waals surface area contributed by atoms with E-state index in [1.807, 2.05) is 36.6 Å². The fourth-order valence-corrected chi connectivity index (χ4v) is 8.44. The number of thiocarbonyl (C=S) groups is 1. The zero-order valence-corrected chi connectivity index (χ0v) is 30.3. The molecule has 2 amide bonds. The number of thiazole rings is 1. The fourth-order valence-electron chi connectivity index (χ4n) is 7.54. The Balaban J connectivity index is 0.000000628. The van der Waals surface area contributed by atoms with Gasteiger partial charge in [-0.05, 0) is 81.1 Å². The first-order chi connectivity index (χ1) is 23.8. The highest BCUT2D eigenvalue weighted by molar-refractivity contribution is 7.80. The van der Waals surface area contributed by atoms with Crippen LogP contribution in [0.2, 0.25) is 5.02 Å². The molecule has 9 nitrogen and oxygen atoms in total. The Kier molecular flexibility index (Phi) is 11.7. The Morgan fingerprint density at radius 2 is 1.98 bits per heavy atom. The second-order valence-electron chi connectivity index (χ2n) is 13.5. The van der Waals surface area contributed by atoms with Gasteiger partial charge < -0.3 is 30.6 Å². The summed E-state index contributed by atoms with van der Waals surface area (Å²) in [5.41, 5.74) is 11.1. The second kappa shape index (κ2) is 16.1. The maximum absolute atomic E-state index is 13.2. The van der Waals surface area contributed by atoms with Crippen molar-refractivity contribution < 1.29 is 14.3 Å². The Bertz CT molecular complexity index is 1760. The number of benzene rings is 2. The lowest BCUT2D eigenvalue weighted by atomic mass is 9.57. The molecular weight excluding hydrogens is 676 g/mol. The standard InChI is InChI=1S/C33H40ClN5O3S.C4H5NS/c34-29-24(19-37-32(41)25-17-33(18-25)8-11-38(12-9-33)13-10-36-21-40)4-5-27-28(22-2-1-3-23(16-22)31(35)43)20-39(30(27)29)26-6-14-42-15-7-26;1-4-5-2-3-6-4/h1-5,16,20-21,25-26H,6-15,17-19H2,(H2,35,43)(H,36,40)(H,37,41);2-3H,1H3. The van der Waals surface area contributed by atoms with Gasteiger partial charge in [-0.1, -0.05) is 54.2 Å². The molecule has 2 aliphatic heterocycles. The quantitative estimate of drug-likeness (QED) is 0.101. The summed E-state index contributed by atoms with van der Waals surface area (Å²) in [5, 5.41) is 10.8. The van der Waals surface area contributed by atoms with Gasteiger partial charge in [0.1, 0.15) is 4.99 Å². The zero-order valence-electron chi connectivity index (χ0n) is 28.0. The normalized spacial score (nSPS) is 18.0. The van der Waals surface area contributed by atoms with E-state index in [1.54, 1.807) is 17.5 Å². The lowest BCUT2D eigenvalue weighted by Crippen LogP contribution is -2.51. The number of amides is 2. The number of carbonyl (C=O) groups excluding carboxylic acids is 2. The average Bonchev–Trinajstić information content (AvgIpc) is 3.75. The van der Waals surface area contributed by atoms with E-state index < -0.39 is 0 Å². The monoisotopic (exact) mass is 720 g/mol. The molecule has 4 aromatic rings. The third kappa shape index (κ3) is 8.35. The number of ether oxygens (including phenoxy) is 1. The van der Waals surface area contributed by atoms with Gasteiger partial charge in [0.15, 0.2) is 0 Å². The molecule has 7 rings (SSSR count). The van der Waals surface area contributed by atoms with Crippen molar-refractivity contribution in [2.45, 2.75) is 58.0 Å². The van der Waals surface area contributed by atoms with E-state index in [4.69, 9.17) is 34.3 Å². The van der Waals surface area contributed by atoms with Gasteiger partial charge >= 0.3 is 0 Å². The third-order valence-corrected chi connectivity index (χ3v) is 11.7. The molecule has 1 saturated carbocycles. The number of hydrogen-bond donors (Lipinski definition) is 3. The SMILES string of the molecule is Cc1nccs1.NC(=S)c1cccc(-c2cn(C3CCOCC3)c3c(Cl)c(CNC(=O)C4CC5(CCN(CCNC=O)CC5)C4)ccc23)c1. The number of nitrogens with one attached hydrogen (secondary N) is 2. The predicted octanol–water partition coefficient (Wildman–Crippen LogP) is 6.25. The van der Waals surface area contributed by atoms with Crippen LogP contribution < -0.4 is 16.4 Å². The molecule has 1 aliphatic carbocycles. The summed E-state index contributed by atoms with van der Waals surface area (Å²) in [6, 6.07) is 12.5. The Labute approximate surface area is 302 Å². The van der Waals surface area contributed by atoms with Crippen LogP contribution in [0.25, 0.3) is 22.0 Å². The number of aromatic nitrogens is 2. The Morgan fingerprint density at radius 1 is 1.20 bits per heavy atom. The molecule has 4 heterocycles. The molecule has 260 valence electrons. The van der Waals surface area contributed by atoms with Crippen LogP contribution in [0.5, 0.6) is 0 Å². The Hall–Kier alpha value is -3.35. The first-order valence-corrected chi connectivity index (χ1v) is 18.8. The summed E-state index contributed by atoms with van der Waals surface area (Å²) in [6.07, 6.45) is 10.7. The summed E-state index contributed by atoms with van der Waals surface area (Å²) in [7, 11) is 0. The van der Waals surface area contributed by atoms with Crippen molar-refractivity contribution >= 4 is 63.4 Å². The smallest absolute Gasteiger partial charge is 0.223 e. The van der Waals surface area contributed by atoms with Crippen LogP contribution >= 0.6 is 35.2 Å². The van der Waals surface area contributed by atoms with E-state index in [9.17, 15) is 9.59 Å². The number of hydrogen-bond acceptors (Lipinski definition) is 7. The van der Waals surface area contributed by atoms with E-state index in [1.165, 1.54) is 0 Å². The van der Waals surface area contributed by atoms with Crippen LogP contribution in [0.15, 0.2) is 54.2 Å². The molecular formula is C37H45ClN6O3S2. The van der Waals surface area contributed by atoms with Gasteiger partial charge in [0, 0.05) is 79.1 Å². The van der Waals surface area contributed by atoms with E-state index in [0.29, 0.717) is 28.5 Å². The minimum absolute atomic E-state index is 0.0596. The van der Waals surface area contributed by atoms with Gasteiger partial charge in [-0.15, -0.1) is 11.3 Å². The maximum atomic E-state index is 13.2. The van der Waals surface area contributed by atoms with Crippen molar-refractivity contribution in [3.8, 4) is 11.1 Å². The number of aryl methyl sites for hydroxylation is 1. The summed E-state index contributed by atoms with van der Waals surface area (Å²) in [6.45, 7) is 7.48. The minimum atomic E-state index is 0.0596. The van der Waals surface area contributed by atoms with E-state index >= 15 is 0 Å². The van der Waals surface area contributed by atoms with E-state index in [-0.39, 0.29) is 17.9 Å². The number of rotatable bonds is 10. The van der Waals surface area contributed by atoms with Crippen molar-refractivity contribution in [2.24, 2.45) is 17.1 Å². The molecule has 3 aliphatic rings. The van der Waals surface area contributed by atoms with Crippen molar-refractivity contribution in [2.75, 3.05) is 39.4 Å². The summed E-state index contributed by atoms with van der Waals surface area (Å²) in [5.74, 6) is 0.179. The lowest BCUT2D eigenvalue weighted by Gasteiger charge is -2.51. The van der Waals surface area contributed by atoms with Gasteiger partial charge in [-0.2, -0.15) is 0 Å². The molecule has 2 aromatic carbocycles. The zero-order chi connectivity index (χ0) is 34.4. The number of piperidine rings is 1. The number of carbonyl (C=O) groups is 2. The third-order valence-electron chi connectivity index (χ3n) is 10.4. The largest absolute Gasteiger partial charge is 0.389 e. The van der Waals surface area contributed by atoms with Gasteiger partial charge in [0.05, 0.1) is 15.5 Å². The maximum Gasteiger partial charge on any atom is 0.223 e. The molecule has 49 heavy (non-hydrogen) atoms. The van der Waals surface area contributed by atoms with Crippen molar-refractivity contribution in [3.63, 3.8) is 0 Å². The fraction of sp³-hybridized carbons (Fsp3) is 0.459. The molecule has 12 heteroatoms. The molecule has 0 atom stereocenters. The predicted molar refractivity (Wildman–Crippen MR) is 201 cm³/mol. The molecule has 4 N–H and O–H groups in total. The summed E-state index contributed by atoms with van der Waals surface area (Å²) >= 11 is 14.1. The lowest BCUT2D eigenvalue weighted by molar-refractivity contribution is -0.135. The van der Waals surface area contributed by atoms with Crippen molar-refractivity contribution in [1.29, 1.82) is 0 Å². The first-order valence-electron chi connectivity index (χ1n) is 17.1. The van der Waals surface area contributed by atoms with Gasteiger partial charge in [0.25, 0.3) is 0 Å². The average molecular weight is 721 g/mol. The van der Waals surface area contributed by atoms with Crippen LogP contribution in [0, 0.1) is 18.3 Å². The molecule has 1 spiro atoms. The van der Waals surface area contributed by atoms with Gasteiger partial charge in [-0.25, -0.2) is 0 Å². The van der Waals surface area contributed by atoms with Crippen LogP contribution in [-0.2, 0) is 20.9 Å². The number of nitrogens with zero attached hydrogens (tertiary/aromatic N) is 3. The highest BCUT2D eigenvalue weighted by Gasteiger charge is 2.48. The molecule has 2 aromatic heterocycles. The minimum Gasteiger partial charge on any atom is -0.389 e. The number of fused-ring (bicyclic) bond motifs is 1. The molecule has 2 saturated heterocycles. The van der Waals surface area contributed by atoms with Crippen LogP contribution in [0.1, 0.15) is 60.7 Å². The van der Waals surface area contributed by atoms with Crippen LogP contribution in [-0.4, -0.2) is 71.1 Å². The molecule has 0 radical (unpaired) electrons. The van der Waals surface area contributed by atoms with Crippen molar-refractivity contribution in [3.05, 3.63) is 75.3 Å². The number of nitrogens with two attached hydrogens (primary N) is 1. The molecule has 3 fully saturated rings. The highest BCUT2D eigenvalue weighted by atomic mass is 35.5. The molecule has 0 bridgehead atoms. The van der Waals surface area contributed by atoms with Crippen molar-refractivity contribution in [1.82, 2.24) is 25.1 Å². The summed E-state index contributed by atoms with van der Waals surface area (Å²) < 4.78 is 7.96. The second-order valence-corrected chi connectivity index (χ2v) is 15.4. The Morgan fingerprint density at radius 3 is 2.63 bits per heavy atom.